The predicted molar refractivity (Wildman–Crippen MR) is 101 cm³/mol. The van der Waals surface area contributed by atoms with E-state index in [1.807, 2.05) is 12.1 Å². The molecule has 0 spiro atoms. The summed E-state index contributed by atoms with van der Waals surface area (Å²) in [5, 5.41) is 0. The van der Waals surface area contributed by atoms with Gasteiger partial charge in [0.1, 0.15) is 11.5 Å². The molecule has 0 saturated heterocycles. The molecule has 0 bridgehead atoms. The van der Waals surface area contributed by atoms with Gasteiger partial charge >= 0.3 is 7.82 Å². The van der Waals surface area contributed by atoms with Crippen LogP contribution in [0.5, 0.6) is 11.5 Å². The van der Waals surface area contributed by atoms with Crippen molar-refractivity contribution in [3.63, 3.8) is 0 Å². The highest BCUT2D eigenvalue weighted by Crippen LogP contribution is 2.45. The average molecular weight is 362 g/mol. The van der Waals surface area contributed by atoms with Crippen molar-refractivity contribution in [2.24, 2.45) is 0 Å². The van der Waals surface area contributed by atoms with Gasteiger partial charge in [-0.3, -0.25) is 4.89 Å². The second kappa shape index (κ2) is 9.65. The Morgan fingerprint density at radius 2 is 1.56 bits per heavy atom. The Balaban J connectivity index is 2.22. The summed E-state index contributed by atoms with van der Waals surface area (Å²) < 4.78 is 23.0. The van der Waals surface area contributed by atoms with Crippen molar-refractivity contribution in [1.29, 1.82) is 0 Å². The second-order valence-electron chi connectivity index (χ2n) is 6.07. The van der Waals surface area contributed by atoms with E-state index in [0.29, 0.717) is 11.5 Å². The normalized spacial score (nSPS) is 13.2. The first-order valence-electron chi connectivity index (χ1n) is 8.93. The zero-order valence-corrected chi connectivity index (χ0v) is 15.9. The number of hydrogen-bond donors (Lipinski definition) is 1. The van der Waals surface area contributed by atoms with Crippen LogP contribution >= 0.6 is 7.82 Å². The third kappa shape index (κ3) is 6.22. The molecule has 0 aliphatic rings. The summed E-state index contributed by atoms with van der Waals surface area (Å²) in [5.41, 5.74) is 2.20. The Morgan fingerprint density at radius 3 is 2.24 bits per heavy atom. The van der Waals surface area contributed by atoms with E-state index in [1.54, 1.807) is 30.3 Å². The molecular weight excluding hydrogens is 335 g/mol. The van der Waals surface area contributed by atoms with Crippen LogP contribution in [0.25, 0.3) is 0 Å². The van der Waals surface area contributed by atoms with Crippen LogP contribution < -0.4 is 9.05 Å². The van der Waals surface area contributed by atoms with Gasteiger partial charge in [-0.05, 0) is 55.0 Å². The Bertz CT molecular complexity index is 700. The van der Waals surface area contributed by atoms with E-state index < -0.39 is 7.82 Å². The largest absolute Gasteiger partial charge is 0.584 e. The minimum atomic E-state index is -4.24. The lowest BCUT2D eigenvalue weighted by molar-refractivity contribution is 0.289. The van der Waals surface area contributed by atoms with E-state index in [4.69, 9.17) is 9.05 Å². The van der Waals surface area contributed by atoms with Gasteiger partial charge in [0.2, 0.25) is 0 Å². The molecule has 0 aliphatic heterocycles. The molecule has 1 atom stereocenters. The molecule has 0 aromatic heterocycles. The molecule has 0 saturated carbocycles. The summed E-state index contributed by atoms with van der Waals surface area (Å²) in [7, 11) is -4.24. The Kier molecular flexibility index (Phi) is 7.54. The summed E-state index contributed by atoms with van der Waals surface area (Å²) in [4.78, 5) is 10.1. The number of phosphoric acid groups is 1. The molecular formula is C20H27O4P. The molecule has 25 heavy (non-hydrogen) atoms. The third-order valence-corrected chi connectivity index (χ3v) is 4.86. The van der Waals surface area contributed by atoms with Gasteiger partial charge in [0.15, 0.2) is 0 Å². The summed E-state index contributed by atoms with van der Waals surface area (Å²) in [6, 6.07) is 14.3. The van der Waals surface area contributed by atoms with E-state index in [-0.39, 0.29) is 0 Å². The standard InChI is InChI=1S/C20H27O4P/c1-3-5-11-17-12-10-16-20(19(17)15-6-4-2)24-25(21,22)23-18-13-8-7-9-14-18/h7-10,12-14,16H,3-6,11,15H2,1-2H3,(H,21,22). The van der Waals surface area contributed by atoms with Crippen LogP contribution in [-0.4, -0.2) is 4.89 Å². The minimum absolute atomic E-state index is 0.311. The number of rotatable bonds is 10. The quantitative estimate of drug-likeness (QED) is 0.532. The zero-order chi connectivity index (χ0) is 18.1. The highest BCUT2D eigenvalue weighted by molar-refractivity contribution is 7.48. The molecule has 2 aromatic carbocycles. The van der Waals surface area contributed by atoms with Crippen molar-refractivity contribution in [3.05, 3.63) is 59.7 Å². The molecule has 4 nitrogen and oxygen atoms in total. The SMILES string of the molecule is CCCCc1cccc(OP(=O)(O)Oc2ccccc2)c1CCCC. The van der Waals surface area contributed by atoms with Crippen molar-refractivity contribution >= 4 is 7.82 Å². The molecule has 2 rings (SSSR count). The van der Waals surface area contributed by atoms with Gasteiger partial charge in [0.25, 0.3) is 0 Å². The lowest BCUT2D eigenvalue weighted by Crippen LogP contribution is -2.04. The van der Waals surface area contributed by atoms with Gasteiger partial charge < -0.3 is 9.05 Å². The van der Waals surface area contributed by atoms with Crippen molar-refractivity contribution in [2.75, 3.05) is 0 Å². The summed E-state index contributed by atoms with van der Waals surface area (Å²) in [6.07, 6.45) is 6.03. The van der Waals surface area contributed by atoms with Crippen LogP contribution in [0.1, 0.15) is 50.7 Å². The summed E-state index contributed by atoms with van der Waals surface area (Å²) in [5.74, 6) is 0.759. The van der Waals surface area contributed by atoms with Crippen LogP contribution in [0.4, 0.5) is 0 Å². The lowest BCUT2D eigenvalue weighted by atomic mass is 9.97. The highest BCUT2D eigenvalue weighted by atomic mass is 31.2. The van der Waals surface area contributed by atoms with Gasteiger partial charge in [-0.25, -0.2) is 4.57 Å². The van der Waals surface area contributed by atoms with Crippen molar-refractivity contribution in [1.82, 2.24) is 0 Å². The molecule has 1 N–H and O–H groups in total. The van der Waals surface area contributed by atoms with Gasteiger partial charge in [0, 0.05) is 0 Å². The average Bonchev–Trinajstić information content (AvgIpc) is 2.59. The third-order valence-electron chi connectivity index (χ3n) is 3.99. The summed E-state index contributed by atoms with van der Waals surface area (Å²) in [6.45, 7) is 4.28. The maximum Gasteiger partial charge on any atom is 0.584 e. The van der Waals surface area contributed by atoms with Gasteiger partial charge in [0.05, 0.1) is 0 Å². The number of para-hydroxylation sites is 1. The molecule has 1 unspecified atom stereocenters. The lowest BCUT2D eigenvalue weighted by Gasteiger charge is -2.18. The number of unbranched alkanes of at least 4 members (excludes halogenated alkanes) is 2. The number of phosphoric ester groups is 1. The molecule has 0 fully saturated rings. The topological polar surface area (TPSA) is 55.8 Å². The van der Waals surface area contributed by atoms with E-state index in [9.17, 15) is 9.46 Å². The van der Waals surface area contributed by atoms with Crippen LogP contribution in [0.15, 0.2) is 48.5 Å². The van der Waals surface area contributed by atoms with Crippen molar-refractivity contribution in [2.45, 2.75) is 52.4 Å². The van der Waals surface area contributed by atoms with Crippen LogP contribution in [0.3, 0.4) is 0 Å². The number of hydrogen-bond acceptors (Lipinski definition) is 3. The maximum absolute atomic E-state index is 12.4. The molecule has 136 valence electrons. The first-order valence-corrected chi connectivity index (χ1v) is 10.4. The fourth-order valence-electron chi connectivity index (χ4n) is 2.69. The van der Waals surface area contributed by atoms with Crippen LogP contribution in [0.2, 0.25) is 0 Å². The van der Waals surface area contributed by atoms with E-state index >= 15 is 0 Å². The van der Waals surface area contributed by atoms with Crippen LogP contribution in [0, 0.1) is 0 Å². The van der Waals surface area contributed by atoms with E-state index in [1.165, 1.54) is 5.56 Å². The van der Waals surface area contributed by atoms with E-state index in [2.05, 4.69) is 19.9 Å². The second-order valence-corrected chi connectivity index (χ2v) is 7.37. The first-order chi connectivity index (χ1) is 12.1. The molecule has 0 aliphatic carbocycles. The first kappa shape index (κ1) is 19.6. The predicted octanol–water partition coefficient (Wildman–Crippen LogP) is 5.93. The van der Waals surface area contributed by atoms with Gasteiger partial charge in [-0.1, -0.05) is 57.0 Å². The Morgan fingerprint density at radius 1 is 0.880 bits per heavy atom. The molecule has 2 aromatic rings. The molecule has 0 heterocycles. The Hall–Kier alpha value is -1.77. The molecule has 0 amide bonds. The number of benzene rings is 2. The van der Waals surface area contributed by atoms with Crippen molar-refractivity contribution in [3.8, 4) is 11.5 Å². The van der Waals surface area contributed by atoms with Gasteiger partial charge in [-0.2, -0.15) is 0 Å². The minimum Gasteiger partial charge on any atom is -0.395 e. The summed E-state index contributed by atoms with van der Waals surface area (Å²) >= 11 is 0. The van der Waals surface area contributed by atoms with E-state index in [0.717, 1.165) is 44.1 Å². The Labute approximate surface area is 150 Å². The fraction of sp³-hybridized carbons (Fsp3) is 0.400. The zero-order valence-electron chi connectivity index (χ0n) is 15.0. The van der Waals surface area contributed by atoms with Crippen LogP contribution in [-0.2, 0) is 17.4 Å². The fourth-order valence-corrected chi connectivity index (χ4v) is 3.54. The molecule has 5 heteroatoms. The maximum atomic E-state index is 12.4. The van der Waals surface area contributed by atoms with Gasteiger partial charge in [-0.15, -0.1) is 0 Å². The molecule has 0 radical (unpaired) electrons. The smallest absolute Gasteiger partial charge is 0.395 e. The monoisotopic (exact) mass is 362 g/mol. The number of aryl methyl sites for hydroxylation is 1. The van der Waals surface area contributed by atoms with Crippen molar-refractivity contribution < 1.29 is 18.5 Å². The highest BCUT2D eigenvalue weighted by Gasteiger charge is 2.26.